The number of anilines is 1. The first-order valence-electron chi connectivity index (χ1n) is 7.22. The molecule has 0 N–H and O–H groups in total. The molecule has 2 aromatic rings. The van der Waals surface area contributed by atoms with Crippen LogP contribution in [0.2, 0.25) is 0 Å². The van der Waals surface area contributed by atoms with Crippen molar-refractivity contribution in [3.8, 4) is 6.07 Å². The van der Waals surface area contributed by atoms with Gasteiger partial charge < -0.3 is 4.90 Å². The molecule has 2 aromatic carbocycles. The summed E-state index contributed by atoms with van der Waals surface area (Å²) < 4.78 is 12.9. The molecule has 3 nitrogen and oxygen atoms in total. The lowest BCUT2D eigenvalue weighted by Crippen LogP contribution is -2.33. The summed E-state index contributed by atoms with van der Waals surface area (Å²) in [7, 11) is 0. The van der Waals surface area contributed by atoms with Crippen molar-refractivity contribution in [2.45, 2.75) is 18.2 Å². The maximum Gasteiger partial charge on any atom is 0.237 e. The van der Waals surface area contributed by atoms with Crippen LogP contribution in [0.15, 0.2) is 53.4 Å². The number of thioether (sulfide) groups is 1. The Labute approximate surface area is 139 Å². The number of hydrogen-bond donors (Lipinski definition) is 0. The largest absolute Gasteiger partial charge is 0.311 e. The van der Waals surface area contributed by atoms with Crippen LogP contribution in [0.5, 0.6) is 0 Å². The number of hydrogen-bond acceptors (Lipinski definition) is 3. The minimum absolute atomic E-state index is 0.0709. The number of nitriles is 1. The number of aryl methyl sites for hydroxylation is 1. The van der Waals surface area contributed by atoms with Crippen molar-refractivity contribution in [2.24, 2.45) is 0 Å². The third-order valence-corrected chi connectivity index (χ3v) is 4.27. The highest BCUT2D eigenvalue weighted by atomic mass is 32.2. The molecule has 5 heteroatoms. The fraction of sp³-hybridized carbons (Fsp3) is 0.222. The van der Waals surface area contributed by atoms with Crippen LogP contribution in [0, 0.1) is 24.1 Å². The summed E-state index contributed by atoms with van der Waals surface area (Å²) in [5.74, 6) is -0.125. The van der Waals surface area contributed by atoms with Crippen molar-refractivity contribution in [2.75, 3.05) is 17.2 Å². The summed E-state index contributed by atoms with van der Waals surface area (Å²) in [4.78, 5) is 15.0. The maximum atomic E-state index is 12.9. The number of nitrogens with zero attached hydrogens (tertiary/aromatic N) is 2. The summed E-state index contributed by atoms with van der Waals surface area (Å²) >= 11 is 1.36. The van der Waals surface area contributed by atoms with Gasteiger partial charge in [0.15, 0.2) is 0 Å². The predicted molar refractivity (Wildman–Crippen MR) is 90.9 cm³/mol. The van der Waals surface area contributed by atoms with Crippen LogP contribution >= 0.6 is 11.8 Å². The summed E-state index contributed by atoms with van der Waals surface area (Å²) in [6, 6.07) is 15.8. The maximum absolute atomic E-state index is 12.9. The van der Waals surface area contributed by atoms with Crippen LogP contribution in [0.25, 0.3) is 0 Å². The molecule has 0 aromatic heterocycles. The summed E-state index contributed by atoms with van der Waals surface area (Å²) in [6.45, 7) is 2.35. The Hall–Kier alpha value is -2.32. The molecule has 118 valence electrons. The molecule has 0 spiro atoms. The van der Waals surface area contributed by atoms with E-state index in [0.29, 0.717) is 6.54 Å². The van der Waals surface area contributed by atoms with E-state index >= 15 is 0 Å². The molecule has 0 fully saturated rings. The Morgan fingerprint density at radius 1 is 1.17 bits per heavy atom. The Bertz CT molecular complexity index is 692. The van der Waals surface area contributed by atoms with Crippen LogP contribution < -0.4 is 4.90 Å². The number of carbonyl (C=O) groups is 1. The molecule has 0 saturated carbocycles. The average Bonchev–Trinajstić information content (AvgIpc) is 2.56. The third kappa shape index (κ3) is 5.11. The Kier molecular flexibility index (Phi) is 6.19. The number of rotatable bonds is 6. The van der Waals surface area contributed by atoms with Crippen molar-refractivity contribution in [1.29, 1.82) is 5.26 Å². The van der Waals surface area contributed by atoms with E-state index in [1.165, 1.54) is 23.9 Å². The summed E-state index contributed by atoms with van der Waals surface area (Å²) in [6.07, 6.45) is 0.279. The average molecular weight is 328 g/mol. The van der Waals surface area contributed by atoms with Gasteiger partial charge in [0, 0.05) is 17.1 Å². The van der Waals surface area contributed by atoms with Gasteiger partial charge in [-0.05, 0) is 43.3 Å². The van der Waals surface area contributed by atoms with E-state index in [9.17, 15) is 9.18 Å². The van der Waals surface area contributed by atoms with Crippen molar-refractivity contribution in [3.63, 3.8) is 0 Å². The van der Waals surface area contributed by atoms with Crippen molar-refractivity contribution >= 4 is 23.4 Å². The molecule has 0 aliphatic heterocycles. The smallest absolute Gasteiger partial charge is 0.237 e. The van der Waals surface area contributed by atoms with Gasteiger partial charge in [0.1, 0.15) is 5.82 Å². The van der Waals surface area contributed by atoms with E-state index in [1.807, 2.05) is 31.2 Å². The lowest BCUT2D eigenvalue weighted by molar-refractivity contribution is -0.116. The fourth-order valence-corrected chi connectivity index (χ4v) is 2.81. The number of carbonyl (C=O) groups excluding carboxylic acids is 1. The zero-order valence-corrected chi connectivity index (χ0v) is 13.6. The minimum atomic E-state index is -0.295. The van der Waals surface area contributed by atoms with E-state index in [0.717, 1.165) is 16.1 Å². The topological polar surface area (TPSA) is 44.1 Å². The molecular formula is C18H17FN2OS. The zero-order chi connectivity index (χ0) is 16.7. The molecular weight excluding hydrogens is 311 g/mol. The molecule has 0 saturated heterocycles. The number of benzene rings is 2. The SMILES string of the molecule is Cc1ccc(N(CCC#N)C(=O)CSc2ccc(F)cc2)cc1. The normalized spacial score (nSPS) is 10.1. The molecule has 1 amide bonds. The van der Waals surface area contributed by atoms with Crippen LogP contribution in [-0.2, 0) is 4.79 Å². The van der Waals surface area contributed by atoms with E-state index in [4.69, 9.17) is 5.26 Å². The zero-order valence-electron chi connectivity index (χ0n) is 12.8. The molecule has 0 unspecified atom stereocenters. The van der Waals surface area contributed by atoms with E-state index < -0.39 is 0 Å². The molecule has 0 bridgehead atoms. The highest BCUT2D eigenvalue weighted by molar-refractivity contribution is 8.00. The highest BCUT2D eigenvalue weighted by Gasteiger charge is 2.15. The quantitative estimate of drug-likeness (QED) is 0.748. The molecule has 0 atom stereocenters. The predicted octanol–water partition coefficient (Wildman–Crippen LogP) is 4.17. The minimum Gasteiger partial charge on any atom is -0.311 e. The van der Waals surface area contributed by atoms with Crippen LogP contribution in [-0.4, -0.2) is 18.2 Å². The number of halogens is 1. The van der Waals surface area contributed by atoms with E-state index in [2.05, 4.69) is 6.07 Å². The van der Waals surface area contributed by atoms with Crippen LogP contribution in [0.3, 0.4) is 0 Å². The molecule has 0 radical (unpaired) electrons. The monoisotopic (exact) mass is 328 g/mol. The van der Waals surface area contributed by atoms with Gasteiger partial charge in [0.05, 0.1) is 18.2 Å². The second kappa shape index (κ2) is 8.35. The lowest BCUT2D eigenvalue weighted by atomic mass is 10.2. The van der Waals surface area contributed by atoms with Gasteiger partial charge in [-0.2, -0.15) is 5.26 Å². The lowest BCUT2D eigenvalue weighted by Gasteiger charge is -2.22. The van der Waals surface area contributed by atoms with E-state index in [1.54, 1.807) is 17.0 Å². The van der Waals surface area contributed by atoms with E-state index in [-0.39, 0.29) is 23.9 Å². The Balaban J connectivity index is 2.05. The van der Waals surface area contributed by atoms with Gasteiger partial charge in [-0.1, -0.05) is 17.7 Å². The van der Waals surface area contributed by atoms with Crippen molar-refractivity contribution in [3.05, 3.63) is 59.9 Å². The first-order valence-corrected chi connectivity index (χ1v) is 8.21. The molecule has 2 rings (SSSR count). The van der Waals surface area contributed by atoms with Gasteiger partial charge in [-0.15, -0.1) is 11.8 Å². The van der Waals surface area contributed by atoms with Gasteiger partial charge in [0.25, 0.3) is 0 Å². The first-order chi connectivity index (χ1) is 11.1. The summed E-state index contributed by atoms with van der Waals surface area (Å²) in [5.41, 5.74) is 1.90. The molecule has 0 aliphatic rings. The second-order valence-electron chi connectivity index (χ2n) is 5.03. The summed E-state index contributed by atoms with van der Waals surface area (Å²) in [5, 5.41) is 8.79. The van der Waals surface area contributed by atoms with Gasteiger partial charge in [-0.25, -0.2) is 4.39 Å². The Morgan fingerprint density at radius 2 is 1.83 bits per heavy atom. The third-order valence-electron chi connectivity index (χ3n) is 3.27. The molecule has 23 heavy (non-hydrogen) atoms. The number of amides is 1. The van der Waals surface area contributed by atoms with Gasteiger partial charge >= 0.3 is 0 Å². The standard InChI is InChI=1S/C18H17FN2OS/c1-14-3-7-16(8-4-14)21(12-2-11-20)18(22)13-23-17-9-5-15(19)6-10-17/h3-10H,2,12-13H2,1H3. The van der Waals surface area contributed by atoms with Gasteiger partial charge in [0.2, 0.25) is 5.91 Å². The van der Waals surface area contributed by atoms with Crippen LogP contribution in [0.1, 0.15) is 12.0 Å². The van der Waals surface area contributed by atoms with Gasteiger partial charge in [-0.3, -0.25) is 4.79 Å². The van der Waals surface area contributed by atoms with Crippen molar-refractivity contribution < 1.29 is 9.18 Å². The van der Waals surface area contributed by atoms with Crippen LogP contribution in [0.4, 0.5) is 10.1 Å². The molecule has 0 aliphatic carbocycles. The first kappa shape index (κ1) is 17.0. The highest BCUT2D eigenvalue weighted by Crippen LogP contribution is 2.21. The van der Waals surface area contributed by atoms with Crippen molar-refractivity contribution in [1.82, 2.24) is 0 Å². The Morgan fingerprint density at radius 3 is 2.43 bits per heavy atom. The molecule has 0 heterocycles. The fourth-order valence-electron chi connectivity index (χ4n) is 2.04. The second-order valence-corrected chi connectivity index (χ2v) is 6.08.